The first-order valence-corrected chi connectivity index (χ1v) is 7.95. The molecule has 2 aromatic carbocycles. The van der Waals surface area contributed by atoms with Crippen LogP contribution in [0.25, 0.3) is 6.08 Å². The van der Waals surface area contributed by atoms with Gasteiger partial charge in [-0.3, -0.25) is 20.2 Å². The van der Waals surface area contributed by atoms with E-state index in [-0.39, 0.29) is 16.7 Å². The van der Waals surface area contributed by atoms with Gasteiger partial charge in [0.15, 0.2) is 5.11 Å². The molecule has 0 aliphatic carbocycles. The van der Waals surface area contributed by atoms with Crippen LogP contribution in [0.3, 0.4) is 0 Å². The van der Waals surface area contributed by atoms with Gasteiger partial charge in [-0.25, -0.2) is 0 Å². The molecule has 24 heavy (non-hydrogen) atoms. The Bertz CT molecular complexity index is 809. The summed E-state index contributed by atoms with van der Waals surface area (Å²) in [6, 6.07) is 13.6. The molecule has 122 valence electrons. The summed E-state index contributed by atoms with van der Waals surface area (Å²) in [6.45, 7) is 0. The zero-order valence-electron chi connectivity index (χ0n) is 12.2. The molecule has 0 aliphatic rings. The average Bonchev–Trinajstić information content (AvgIpc) is 2.55. The van der Waals surface area contributed by atoms with E-state index >= 15 is 0 Å². The van der Waals surface area contributed by atoms with Gasteiger partial charge < -0.3 is 5.32 Å². The summed E-state index contributed by atoms with van der Waals surface area (Å²) in [6.07, 6.45) is 3.04. The quantitative estimate of drug-likeness (QED) is 0.349. The highest BCUT2D eigenvalue weighted by molar-refractivity contribution is 9.10. The Hall–Kier alpha value is -2.58. The van der Waals surface area contributed by atoms with Gasteiger partial charge in [0.25, 0.3) is 5.69 Å². The second-order valence-electron chi connectivity index (χ2n) is 4.61. The van der Waals surface area contributed by atoms with Crippen LogP contribution in [0.2, 0.25) is 0 Å². The summed E-state index contributed by atoms with van der Waals surface area (Å²) >= 11 is 8.27. The lowest BCUT2D eigenvalue weighted by molar-refractivity contribution is -0.384. The molecule has 2 rings (SSSR count). The number of nitrogens with one attached hydrogen (secondary N) is 2. The number of nitro groups is 1. The number of amides is 1. The van der Waals surface area contributed by atoms with Crippen molar-refractivity contribution in [2.75, 3.05) is 5.32 Å². The Morgan fingerprint density at radius 2 is 1.92 bits per heavy atom. The molecule has 0 radical (unpaired) electrons. The number of rotatable bonds is 4. The predicted molar refractivity (Wildman–Crippen MR) is 101 cm³/mol. The smallest absolute Gasteiger partial charge is 0.270 e. The van der Waals surface area contributed by atoms with Crippen molar-refractivity contribution >= 4 is 56.6 Å². The summed E-state index contributed by atoms with van der Waals surface area (Å²) in [7, 11) is 0. The molecule has 0 saturated heterocycles. The lowest BCUT2D eigenvalue weighted by atomic mass is 10.2. The fourth-order valence-corrected chi connectivity index (χ4v) is 2.44. The van der Waals surface area contributed by atoms with Gasteiger partial charge >= 0.3 is 0 Å². The average molecular weight is 406 g/mol. The largest absolute Gasteiger partial charge is 0.331 e. The van der Waals surface area contributed by atoms with Gasteiger partial charge in [0.05, 0.1) is 10.6 Å². The molecule has 1 amide bonds. The first kappa shape index (κ1) is 17.8. The number of nitrogens with zero attached hydrogens (tertiary/aromatic N) is 1. The minimum Gasteiger partial charge on any atom is -0.331 e. The maximum absolute atomic E-state index is 11.8. The Kier molecular flexibility index (Phi) is 6.16. The van der Waals surface area contributed by atoms with Crippen LogP contribution in [-0.2, 0) is 4.79 Å². The van der Waals surface area contributed by atoms with E-state index in [4.69, 9.17) is 12.2 Å². The molecule has 0 aromatic heterocycles. The van der Waals surface area contributed by atoms with Crippen LogP contribution in [0.4, 0.5) is 11.4 Å². The molecule has 0 atom stereocenters. The second-order valence-corrected chi connectivity index (χ2v) is 5.87. The number of hydrogen-bond donors (Lipinski definition) is 2. The summed E-state index contributed by atoms with van der Waals surface area (Å²) in [4.78, 5) is 22.0. The molecule has 6 nitrogen and oxygen atoms in total. The lowest BCUT2D eigenvalue weighted by Gasteiger charge is -2.09. The molecular formula is C16H12BrN3O3S. The summed E-state index contributed by atoms with van der Waals surface area (Å²) in [5, 5.41) is 16.1. The van der Waals surface area contributed by atoms with Crippen molar-refractivity contribution in [3.8, 4) is 0 Å². The molecule has 0 aliphatic heterocycles. The van der Waals surface area contributed by atoms with Crippen molar-refractivity contribution in [3.63, 3.8) is 0 Å². The van der Waals surface area contributed by atoms with Gasteiger partial charge in [-0.05, 0) is 45.9 Å². The Labute approximate surface area is 151 Å². The number of nitro benzene ring substituents is 1. The van der Waals surface area contributed by atoms with Crippen LogP contribution < -0.4 is 10.6 Å². The van der Waals surface area contributed by atoms with E-state index in [0.717, 1.165) is 5.56 Å². The summed E-state index contributed by atoms with van der Waals surface area (Å²) in [5.41, 5.74) is 1.36. The molecule has 2 N–H and O–H groups in total. The monoisotopic (exact) mass is 405 g/mol. The van der Waals surface area contributed by atoms with E-state index in [9.17, 15) is 14.9 Å². The van der Waals surface area contributed by atoms with Gasteiger partial charge in [0, 0.05) is 22.7 Å². The highest BCUT2D eigenvalue weighted by atomic mass is 79.9. The van der Waals surface area contributed by atoms with Crippen molar-refractivity contribution < 1.29 is 9.72 Å². The third-order valence-electron chi connectivity index (χ3n) is 2.88. The zero-order valence-corrected chi connectivity index (χ0v) is 14.6. The van der Waals surface area contributed by atoms with Gasteiger partial charge in [0.2, 0.25) is 5.91 Å². The van der Waals surface area contributed by atoms with Crippen molar-refractivity contribution in [1.29, 1.82) is 0 Å². The van der Waals surface area contributed by atoms with Gasteiger partial charge in [-0.2, -0.15) is 0 Å². The van der Waals surface area contributed by atoms with E-state index in [1.54, 1.807) is 6.08 Å². The number of halogens is 1. The van der Waals surface area contributed by atoms with E-state index in [0.29, 0.717) is 10.2 Å². The van der Waals surface area contributed by atoms with Crippen LogP contribution in [0, 0.1) is 10.1 Å². The highest BCUT2D eigenvalue weighted by Gasteiger charge is 2.10. The zero-order chi connectivity index (χ0) is 17.5. The molecule has 0 heterocycles. The number of benzene rings is 2. The maximum atomic E-state index is 11.8. The van der Waals surface area contributed by atoms with Gasteiger partial charge in [-0.15, -0.1) is 0 Å². The third-order valence-corrected chi connectivity index (χ3v) is 3.74. The molecular weight excluding hydrogens is 394 g/mol. The number of anilines is 1. The summed E-state index contributed by atoms with van der Waals surface area (Å²) < 4.78 is 0.466. The van der Waals surface area contributed by atoms with Crippen LogP contribution >= 0.6 is 28.1 Å². The number of carbonyl (C=O) groups excluding carboxylic acids is 1. The number of carbonyl (C=O) groups is 1. The second kappa shape index (κ2) is 8.32. The highest BCUT2D eigenvalue weighted by Crippen LogP contribution is 2.26. The minimum absolute atomic E-state index is 0.0480. The fourth-order valence-electron chi connectivity index (χ4n) is 1.76. The molecule has 0 bridgehead atoms. The fraction of sp³-hybridized carbons (Fsp3) is 0. The predicted octanol–water partition coefficient (Wildman–Crippen LogP) is 3.88. The van der Waals surface area contributed by atoms with Gasteiger partial charge in [-0.1, -0.05) is 30.3 Å². The standard InChI is InChI=1S/C16H12BrN3O3S/c17-13-10-12(20(22)23)7-8-14(13)18-16(24)19-15(21)9-6-11-4-2-1-3-5-11/h1-10H,(H2,18,19,21,24)/b9-6+. The van der Waals surface area contributed by atoms with Crippen LogP contribution in [0.1, 0.15) is 5.56 Å². The van der Waals surface area contributed by atoms with Crippen LogP contribution in [0.5, 0.6) is 0 Å². The molecule has 0 spiro atoms. The SMILES string of the molecule is O=C(/C=C/c1ccccc1)NC(=S)Nc1ccc([N+](=O)[O-])cc1Br. The molecule has 0 fully saturated rings. The number of hydrogen-bond acceptors (Lipinski definition) is 4. The van der Waals surface area contributed by atoms with E-state index in [1.807, 2.05) is 30.3 Å². The number of non-ortho nitro benzene ring substituents is 1. The first-order valence-electron chi connectivity index (χ1n) is 6.75. The Balaban J connectivity index is 1.94. The molecule has 8 heteroatoms. The molecule has 2 aromatic rings. The van der Waals surface area contributed by atoms with E-state index in [2.05, 4.69) is 26.6 Å². The van der Waals surface area contributed by atoms with Crippen molar-refractivity contribution in [3.05, 3.63) is 74.8 Å². The maximum Gasteiger partial charge on any atom is 0.270 e. The van der Waals surface area contributed by atoms with Gasteiger partial charge in [0.1, 0.15) is 0 Å². The third kappa shape index (κ3) is 5.25. The minimum atomic E-state index is -0.497. The van der Waals surface area contributed by atoms with E-state index in [1.165, 1.54) is 24.3 Å². The lowest BCUT2D eigenvalue weighted by Crippen LogP contribution is -2.32. The van der Waals surface area contributed by atoms with Crippen molar-refractivity contribution in [2.45, 2.75) is 0 Å². The van der Waals surface area contributed by atoms with Crippen LogP contribution in [0.15, 0.2) is 59.1 Å². The normalized spacial score (nSPS) is 10.4. The van der Waals surface area contributed by atoms with Crippen molar-refractivity contribution in [2.24, 2.45) is 0 Å². The Morgan fingerprint density at radius 3 is 2.54 bits per heavy atom. The van der Waals surface area contributed by atoms with Crippen molar-refractivity contribution in [1.82, 2.24) is 5.32 Å². The molecule has 0 saturated carbocycles. The molecule has 0 unspecified atom stereocenters. The van der Waals surface area contributed by atoms with E-state index < -0.39 is 4.92 Å². The summed E-state index contributed by atoms with van der Waals surface area (Å²) in [5.74, 6) is -0.380. The Morgan fingerprint density at radius 1 is 1.21 bits per heavy atom. The van der Waals surface area contributed by atoms with Crippen LogP contribution in [-0.4, -0.2) is 15.9 Å². The topological polar surface area (TPSA) is 84.3 Å². The number of thiocarbonyl (C=S) groups is 1. The first-order chi connectivity index (χ1) is 11.5.